The van der Waals surface area contributed by atoms with Gasteiger partial charge in [-0.2, -0.15) is 0 Å². The molecule has 0 aliphatic carbocycles. The number of hydrogen-bond donors (Lipinski definition) is 1. The van der Waals surface area contributed by atoms with Crippen LogP contribution in [0.5, 0.6) is 0 Å². The van der Waals surface area contributed by atoms with Gasteiger partial charge >= 0.3 is 0 Å². The van der Waals surface area contributed by atoms with Crippen molar-refractivity contribution in [1.82, 2.24) is 10.2 Å². The maximum atomic E-state index is 11.2. The van der Waals surface area contributed by atoms with Crippen LogP contribution in [0.1, 0.15) is 19.3 Å². The van der Waals surface area contributed by atoms with E-state index in [1.807, 2.05) is 4.90 Å². The average molecular weight is 265 g/mol. The summed E-state index contributed by atoms with van der Waals surface area (Å²) < 4.78 is 0. The summed E-state index contributed by atoms with van der Waals surface area (Å²) in [4.78, 5) is 13.0. The lowest BCUT2D eigenvalue weighted by atomic mass is 10.4. The predicted octanol–water partition coefficient (Wildman–Crippen LogP) is 1.25. The third-order valence-corrected chi connectivity index (χ3v) is 2.53. The zero-order valence-corrected chi connectivity index (χ0v) is 10.9. The molecule has 3 nitrogen and oxygen atoms in total. The van der Waals surface area contributed by atoms with E-state index >= 15 is 0 Å². The van der Waals surface area contributed by atoms with Crippen molar-refractivity contribution in [2.24, 2.45) is 0 Å². The quantitative estimate of drug-likeness (QED) is 0.461. The third-order valence-electron chi connectivity index (χ3n) is 2.27. The van der Waals surface area contributed by atoms with E-state index in [4.69, 9.17) is 11.6 Å². The van der Waals surface area contributed by atoms with Gasteiger partial charge in [-0.25, -0.2) is 0 Å². The Bertz CT molecular complexity index is 260. The molecule has 1 N–H and O–H groups in total. The van der Waals surface area contributed by atoms with Crippen molar-refractivity contribution in [3.05, 3.63) is 0 Å². The summed E-state index contributed by atoms with van der Waals surface area (Å²) in [7, 11) is 0. The Morgan fingerprint density at radius 3 is 2.88 bits per heavy atom. The molecule has 0 bridgehead atoms. The maximum Gasteiger partial charge on any atom is 0.223 e. The topological polar surface area (TPSA) is 32.3 Å². The van der Waals surface area contributed by atoms with E-state index < -0.39 is 0 Å². The van der Waals surface area contributed by atoms with Crippen molar-refractivity contribution in [2.45, 2.75) is 19.3 Å². The zero-order valence-electron chi connectivity index (χ0n) is 9.30. The van der Waals surface area contributed by atoms with Gasteiger partial charge in [-0.1, -0.05) is 11.8 Å². The molecule has 1 aliphatic heterocycles. The molecule has 1 rings (SSSR count). The molecule has 0 aromatic rings. The van der Waals surface area contributed by atoms with Crippen LogP contribution >= 0.6 is 24.0 Å². The van der Waals surface area contributed by atoms with E-state index in [0.29, 0.717) is 25.4 Å². The summed E-state index contributed by atoms with van der Waals surface area (Å²) in [5.74, 6) is 6.91. The highest BCUT2D eigenvalue weighted by Crippen LogP contribution is 2.07. The van der Waals surface area contributed by atoms with E-state index in [1.165, 1.54) is 0 Å². The van der Waals surface area contributed by atoms with Gasteiger partial charge in [0.1, 0.15) is 0 Å². The summed E-state index contributed by atoms with van der Waals surface area (Å²) in [6.07, 6.45) is 2.64. The van der Waals surface area contributed by atoms with Crippen LogP contribution in [0, 0.1) is 11.8 Å². The van der Waals surface area contributed by atoms with Gasteiger partial charge in [0.2, 0.25) is 5.91 Å². The van der Waals surface area contributed by atoms with Crippen molar-refractivity contribution >= 4 is 29.9 Å². The van der Waals surface area contributed by atoms with Gasteiger partial charge in [-0.05, 0) is 19.4 Å². The lowest BCUT2D eigenvalue weighted by molar-refractivity contribution is -0.127. The number of halogens is 2. The normalized spacial score (nSPS) is 14.3. The number of rotatable bonds is 5. The smallest absolute Gasteiger partial charge is 0.223 e. The Kier molecular flexibility index (Phi) is 9.51. The first-order chi connectivity index (χ1) is 7.34. The van der Waals surface area contributed by atoms with E-state index in [0.717, 1.165) is 25.9 Å². The largest absolute Gasteiger partial charge is 0.332 e. The first-order valence-electron chi connectivity index (χ1n) is 5.35. The average Bonchev–Trinajstić information content (AvgIpc) is 2.63. The lowest BCUT2D eigenvalue weighted by Crippen LogP contribution is -2.25. The number of amides is 1. The van der Waals surface area contributed by atoms with Gasteiger partial charge in [0.25, 0.3) is 0 Å². The van der Waals surface area contributed by atoms with E-state index in [-0.39, 0.29) is 18.3 Å². The van der Waals surface area contributed by atoms with Crippen molar-refractivity contribution in [2.75, 3.05) is 32.1 Å². The van der Waals surface area contributed by atoms with E-state index in [9.17, 15) is 4.79 Å². The van der Waals surface area contributed by atoms with Crippen LogP contribution in [0.3, 0.4) is 0 Å². The van der Waals surface area contributed by atoms with Crippen LogP contribution in [-0.4, -0.2) is 42.9 Å². The molecule has 1 fully saturated rings. The zero-order chi connectivity index (χ0) is 10.9. The van der Waals surface area contributed by atoms with Crippen LogP contribution < -0.4 is 5.32 Å². The second-order valence-corrected chi connectivity index (χ2v) is 3.87. The summed E-state index contributed by atoms with van der Waals surface area (Å²) in [5.41, 5.74) is 0. The minimum absolute atomic E-state index is 0. The second-order valence-electron chi connectivity index (χ2n) is 3.49. The minimum atomic E-state index is 0. The van der Waals surface area contributed by atoms with E-state index in [1.54, 1.807) is 0 Å². The Morgan fingerprint density at radius 1 is 1.44 bits per heavy atom. The Hall–Kier alpha value is -0.430. The molecular weight excluding hydrogens is 247 g/mol. The number of nitrogens with zero attached hydrogens (tertiary/aromatic N) is 1. The summed E-state index contributed by atoms with van der Waals surface area (Å²) in [6.45, 7) is 3.03. The molecule has 0 saturated carbocycles. The SMILES string of the molecule is Cl.O=C1CCCN1CC#CCNCCCCl. The number of carbonyl (C=O) groups excluding carboxylic acids is 1. The number of alkyl halides is 1. The lowest BCUT2D eigenvalue weighted by Gasteiger charge is -2.09. The van der Waals surface area contributed by atoms with Gasteiger partial charge in [-0.15, -0.1) is 24.0 Å². The molecule has 1 amide bonds. The number of hydrogen-bond acceptors (Lipinski definition) is 2. The molecule has 1 heterocycles. The number of nitrogens with one attached hydrogen (secondary N) is 1. The van der Waals surface area contributed by atoms with Crippen LogP contribution in [0.15, 0.2) is 0 Å². The third kappa shape index (κ3) is 6.22. The first kappa shape index (κ1) is 15.6. The maximum absolute atomic E-state index is 11.2. The van der Waals surface area contributed by atoms with Gasteiger partial charge in [0, 0.05) is 18.8 Å². The molecule has 1 saturated heterocycles. The highest BCUT2D eigenvalue weighted by atomic mass is 35.5. The molecule has 5 heteroatoms. The van der Waals surface area contributed by atoms with Crippen LogP contribution in [0.25, 0.3) is 0 Å². The molecule has 16 heavy (non-hydrogen) atoms. The van der Waals surface area contributed by atoms with Crippen molar-refractivity contribution in [3.63, 3.8) is 0 Å². The van der Waals surface area contributed by atoms with Crippen LogP contribution in [-0.2, 0) is 4.79 Å². The Labute approximate surface area is 108 Å². The Balaban J connectivity index is 0.00000225. The fourth-order valence-corrected chi connectivity index (χ4v) is 1.56. The fourth-order valence-electron chi connectivity index (χ4n) is 1.43. The highest BCUT2D eigenvalue weighted by molar-refractivity contribution is 6.17. The van der Waals surface area contributed by atoms with Crippen molar-refractivity contribution in [3.8, 4) is 11.8 Å². The van der Waals surface area contributed by atoms with Crippen LogP contribution in [0.4, 0.5) is 0 Å². The molecule has 92 valence electrons. The highest BCUT2D eigenvalue weighted by Gasteiger charge is 2.18. The molecule has 1 aliphatic rings. The summed E-state index contributed by atoms with van der Waals surface area (Å²) in [5, 5.41) is 3.16. The Morgan fingerprint density at radius 2 is 2.25 bits per heavy atom. The van der Waals surface area contributed by atoms with Crippen molar-refractivity contribution in [1.29, 1.82) is 0 Å². The van der Waals surface area contributed by atoms with Crippen molar-refractivity contribution < 1.29 is 4.79 Å². The summed E-state index contributed by atoms with van der Waals surface area (Å²) in [6, 6.07) is 0. The van der Waals surface area contributed by atoms with Crippen LogP contribution in [0.2, 0.25) is 0 Å². The van der Waals surface area contributed by atoms with Gasteiger partial charge in [0.05, 0.1) is 13.1 Å². The van der Waals surface area contributed by atoms with Gasteiger partial charge < -0.3 is 10.2 Å². The number of likely N-dealkylation sites (tertiary alicyclic amines) is 1. The molecule has 0 radical (unpaired) electrons. The molecule has 0 aromatic heterocycles. The summed E-state index contributed by atoms with van der Waals surface area (Å²) >= 11 is 5.52. The molecule has 0 spiro atoms. The molecule has 0 atom stereocenters. The molecular formula is C11H18Cl2N2O. The second kappa shape index (κ2) is 9.77. The first-order valence-corrected chi connectivity index (χ1v) is 5.88. The van der Waals surface area contributed by atoms with Gasteiger partial charge in [0.15, 0.2) is 0 Å². The monoisotopic (exact) mass is 264 g/mol. The van der Waals surface area contributed by atoms with E-state index in [2.05, 4.69) is 17.2 Å². The minimum Gasteiger partial charge on any atom is -0.332 e. The number of carbonyl (C=O) groups is 1. The van der Waals surface area contributed by atoms with Gasteiger partial charge in [-0.3, -0.25) is 4.79 Å². The fraction of sp³-hybridized carbons (Fsp3) is 0.727. The predicted molar refractivity (Wildman–Crippen MR) is 69.0 cm³/mol. The molecule has 0 unspecified atom stereocenters. The molecule has 0 aromatic carbocycles. The standard InChI is InChI=1S/C11H17ClN2O.ClH/c12-6-4-8-13-7-1-2-9-14-10-3-5-11(14)15;/h13H,3-10H2;1H.